The number of nitrogens with zero attached hydrogens (tertiary/aromatic N) is 5. The van der Waals surface area contributed by atoms with Crippen LogP contribution in [0.25, 0.3) is 28.1 Å². The number of aryl methyl sites for hydroxylation is 1. The SMILES string of the molecule is NCCCCc1ccnc(-c2ccc3cnn(-c4cccc(CO)n4)c3c2)n1. The molecule has 28 heavy (non-hydrogen) atoms. The van der Waals surface area contributed by atoms with Gasteiger partial charge in [-0.05, 0) is 50.1 Å². The van der Waals surface area contributed by atoms with Gasteiger partial charge in [-0.15, -0.1) is 0 Å². The average Bonchev–Trinajstić information content (AvgIpc) is 3.17. The summed E-state index contributed by atoms with van der Waals surface area (Å²) in [5.41, 5.74) is 9.04. The highest BCUT2D eigenvalue weighted by atomic mass is 16.3. The molecule has 3 N–H and O–H groups in total. The van der Waals surface area contributed by atoms with E-state index in [0.717, 1.165) is 41.4 Å². The zero-order valence-electron chi connectivity index (χ0n) is 15.5. The van der Waals surface area contributed by atoms with E-state index in [-0.39, 0.29) is 6.61 Å². The van der Waals surface area contributed by atoms with Crippen LogP contribution in [0, 0.1) is 0 Å². The number of aromatic nitrogens is 5. The molecule has 0 aliphatic rings. The molecule has 0 radical (unpaired) electrons. The van der Waals surface area contributed by atoms with Gasteiger partial charge in [-0.2, -0.15) is 5.10 Å². The van der Waals surface area contributed by atoms with E-state index >= 15 is 0 Å². The van der Waals surface area contributed by atoms with Gasteiger partial charge in [0.15, 0.2) is 11.6 Å². The smallest absolute Gasteiger partial charge is 0.159 e. The van der Waals surface area contributed by atoms with E-state index in [1.165, 1.54) is 0 Å². The number of pyridine rings is 1. The van der Waals surface area contributed by atoms with Crippen LogP contribution in [0.3, 0.4) is 0 Å². The average molecular weight is 374 g/mol. The summed E-state index contributed by atoms with van der Waals surface area (Å²) in [6.07, 6.45) is 6.51. The van der Waals surface area contributed by atoms with Crippen LogP contribution in [0.4, 0.5) is 0 Å². The predicted octanol–water partition coefficient (Wildman–Crippen LogP) is 2.65. The number of nitrogens with two attached hydrogens (primary N) is 1. The van der Waals surface area contributed by atoms with Gasteiger partial charge in [0.05, 0.1) is 24.0 Å². The Kier molecular flexibility index (Phi) is 5.36. The molecule has 1 aromatic carbocycles. The van der Waals surface area contributed by atoms with Gasteiger partial charge < -0.3 is 10.8 Å². The summed E-state index contributed by atoms with van der Waals surface area (Å²) in [6, 6.07) is 13.5. The molecule has 4 aromatic rings. The molecule has 0 spiro atoms. The van der Waals surface area contributed by atoms with Crippen molar-refractivity contribution in [2.45, 2.75) is 25.9 Å². The quantitative estimate of drug-likeness (QED) is 0.482. The first kappa shape index (κ1) is 18.2. The van der Waals surface area contributed by atoms with Crippen molar-refractivity contribution >= 4 is 10.9 Å². The van der Waals surface area contributed by atoms with Crippen molar-refractivity contribution in [1.29, 1.82) is 0 Å². The lowest BCUT2D eigenvalue weighted by Gasteiger charge is -2.07. The van der Waals surface area contributed by atoms with Crippen LogP contribution >= 0.6 is 0 Å². The summed E-state index contributed by atoms with van der Waals surface area (Å²) >= 11 is 0. The van der Waals surface area contributed by atoms with Crippen molar-refractivity contribution in [1.82, 2.24) is 24.7 Å². The highest BCUT2D eigenvalue weighted by Crippen LogP contribution is 2.24. The Labute approximate surface area is 162 Å². The lowest BCUT2D eigenvalue weighted by Crippen LogP contribution is -2.02. The zero-order valence-corrected chi connectivity index (χ0v) is 15.5. The second-order valence-electron chi connectivity index (χ2n) is 6.59. The summed E-state index contributed by atoms with van der Waals surface area (Å²) in [6.45, 7) is 0.590. The Hall–Kier alpha value is -3.16. The number of hydrogen-bond donors (Lipinski definition) is 2. The second-order valence-corrected chi connectivity index (χ2v) is 6.59. The van der Waals surface area contributed by atoms with Crippen molar-refractivity contribution in [3.8, 4) is 17.2 Å². The van der Waals surface area contributed by atoms with Crippen molar-refractivity contribution < 1.29 is 5.11 Å². The monoisotopic (exact) mass is 374 g/mol. The number of aliphatic hydroxyl groups excluding tert-OH is 1. The summed E-state index contributed by atoms with van der Waals surface area (Å²) in [7, 11) is 0. The maximum atomic E-state index is 9.35. The minimum Gasteiger partial charge on any atom is -0.390 e. The first-order valence-electron chi connectivity index (χ1n) is 9.36. The molecule has 0 aliphatic carbocycles. The number of fused-ring (bicyclic) bond motifs is 1. The molecule has 4 rings (SSSR count). The molecule has 3 aromatic heterocycles. The predicted molar refractivity (Wildman–Crippen MR) is 108 cm³/mol. The Morgan fingerprint density at radius 2 is 1.93 bits per heavy atom. The van der Waals surface area contributed by atoms with Gasteiger partial charge in [-0.25, -0.2) is 19.6 Å². The van der Waals surface area contributed by atoms with E-state index in [1.807, 2.05) is 36.4 Å². The van der Waals surface area contributed by atoms with Crippen LogP contribution in [-0.2, 0) is 13.0 Å². The van der Waals surface area contributed by atoms with E-state index in [4.69, 9.17) is 10.7 Å². The fraction of sp³-hybridized carbons (Fsp3) is 0.238. The second kappa shape index (κ2) is 8.24. The summed E-state index contributed by atoms with van der Waals surface area (Å²) in [4.78, 5) is 13.6. The van der Waals surface area contributed by atoms with E-state index < -0.39 is 0 Å². The van der Waals surface area contributed by atoms with Gasteiger partial charge in [0, 0.05) is 22.8 Å². The standard InChI is InChI=1S/C21H22N6O/c22-10-2-1-4-17-9-11-23-21(26-17)15-7-8-16-13-24-27(19(16)12-15)20-6-3-5-18(14-28)25-20/h3,5-9,11-13,28H,1-2,4,10,14,22H2. The van der Waals surface area contributed by atoms with Crippen molar-refractivity contribution in [2.75, 3.05) is 6.54 Å². The lowest BCUT2D eigenvalue weighted by atomic mass is 10.1. The molecule has 0 fully saturated rings. The van der Waals surface area contributed by atoms with Crippen molar-refractivity contribution in [3.05, 3.63) is 66.2 Å². The Balaban J connectivity index is 1.71. The van der Waals surface area contributed by atoms with E-state index in [0.29, 0.717) is 23.9 Å². The highest BCUT2D eigenvalue weighted by Gasteiger charge is 2.10. The van der Waals surface area contributed by atoms with E-state index in [9.17, 15) is 5.11 Å². The molecule has 0 saturated carbocycles. The third-order valence-corrected chi connectivity index (χ3v) is 4.60. The van der Waals surface area contributed by atoms with Gasteiger partial charge >= 0.3 is 0 Å². The number of benzene rings is 1. The van der Waals surface area contributed by atoms with Crippen molar-refractivity contribution in [3.63, 3.8) is 0 Å². The summed E-state index contributed by atoms with van der Waals surface area (Å²) in [5, 5.41) is 14.8. The molecule has 0 bridgehead atoms. The first-order chi connectivity index (χ1) is 13.8. The molecule has 7 heteroatoms. The normalized spacial score (nSPS) is 11.2. The van der Waals surface area contributed by atoms with Crippen LogP contribution in [0.5, 0.6) is 0 Å². The molecular formula is C21H22N6O. The molecular weight excluding hydrogens is 352 g/mol. The third-order valence-electron chi connectivity index (χ3n) is 4.60. The van der Waals surface area contributed by atoms with Gasteiger partial charge in [0.1, 0.15) is 0 Å². The Morgan fingerprint density at radius 1 is 1.00 bits per heavy atom. The summed E-state index contributed by atoms with van der Waals surface area (Å²) in [5.74, 6) is 1.35. The fourth-order valence-corrected chi connectivity index (χ4v) is 3.14. The highest BCUT2D eigenvalue weighted by molar-refractivity contribution is 5.84. The molecule has 3 heterocycles. The lowest BCUT2D eigenvalue weighted by molar-refractivity contribution is 0.276. The maximum Gasteiger partial charge on any atom is 0.159 e. The van der Waals surface area contributed by atoms with Gasteiger partial charge in [-0.1, -0.05) is 18.2 Å². The van der Waals surface area contributed by atoms with Crippen LogP contribution < -0.4 is 5.73 Å². The molecule has 0 aliphatic heterocycles. The molecule has 0 unspecified atom stereocenters. The number of unbranched alkanes of at least 4 members (excludes halogenated alkanes) is 1. The minimum absolute atomic E-state index is 0.108. The Morgan fingerprint density at radius 3 is 2.79 bits per heavy atom. The minimum atomic E-state index is -0.108. The largest absolute Gasteiger partial charge is 0.390 e. The molecule has 7 nitrogen and oxygen atoms in total. The molecule has 0 amide bonds. The third kappa shape index (κ3) is 3.76. The van der Waals surface area contributed by atoms with E-state index in [1.54, 1.807) is 23.1 Å². The fourth-order valence-electron chi connectivity index (χ4n) is 3.14. The molecule has 0 saturated heterocycles. The molecule has 0 atom stereocenters. The van der Waals surface area contributed by atoms with Crippen LogP contribution in [-0.4, -0.2) is 36.4 Å². The van der Waals surface area contributed by atoms with E-state index in [2.05, 4.69) is 15.1 Å². The summed E-state index contributed by atoms with van der Waals surface area (Å²) < 4.78 is 1.77. The van der Waals surface area contributed by atoms with Gasteiger partial charge in [-0.3, -0.25) is 0 Å². The maximum absolute atomic E-state index is 9.35. The topological polar surface area (TPSA) is 103 Å². The van der Waals surface area contributed by atoms with Crippen molar-refractivity contribution in [2.24, 2.45) is 5.73 Å². The van der Waals surface area contributed by atoms with Crippen LogP contribution in [0.1, 0.15) is 24.2 Å². The van der Waals surface area contributed by atoms with Crippen LogP contribution in [0.15, 0.2) is 54.9 Å². The van der Waals surface area contributed by atoms with Gasteiger partial charge in [0.2, 0.25) is 0 Å². The number of hydrogen-bond acceptors (Lipinski definition) is 6. The molecule has 142 valence electrons. The van der Waals surface area contributed by atoms with Gasteiger partial charge in [0.25, 0.3) is 0 Å². The Bertz CT molecular complexity index is 1090. The first-order valence-corrected chi connectivity index (χ1v) is 9.36. The zero-order chi connectivity index (χ0) is 19.3. The van der Waals surface area contributed by atoms with Crippen LogP contribution in [0.2, 0.25) is 0 Å². The number of aliphatic hydroxyl groups is 1. The number of rotatable bonds is 7.